The van der Waals surface area contributed by atoms with Crippen LogP contribution in [-0.4, -0.2) is 48.6 Å². The van der Waals surface area contributed by atoms with Gasteiger partial charge in [-0.3, -0.25) is 4.84 Å². The van der Waals surface area contributed by atoms with Crippen LogP contribution in [0.15, 0.2) is 12.7 Å². The monoisotopic (exact) mass is 388 g/mol. The lowest BCUT2D eigenvalue weighted by molar-refractivity contribution is -0.157. The molecule has 0 aliphatic heterocycles. The minimum Gasteiger partial charge on any atom is -0.458 e. The molecule has 9 nitrogen and oxygen atoms in total. The van der Waals surface area contributed by atoms with Crippen LogP contribution in [0.25, 0.3) is 0 Å². The van der Waals surface area contributed by atoms with Crippen molar-refractivity contribution < 1.29 is 33.4 Å². The van der Waals surface area contributed by atoms with Gasteiger partial charge in [0.2, 0.25) is 0 Å². The topological polar surface area (TPSA) is 112 Å². The number of esters is 1. The van der Waals surface area contributed by atoms with Gasteiger partial charge in [-0.05, 0) is 54.4 Å². The van der Waals surface area contributed by atoms with Crippen LogP contribution in [0.5, 0.6) is 0 Å². The van der Waals surface area contributed by atoms with Crippen LogP contribution in [0.2, 0.25) is 0 Å². The number of alkyl carbamates (subject to hydrolysis) is 1. The van der Waals surface area contributed by atoms with Gasteiger partial charge in [-0.2, -0.15) is 5.48 Å². The normalized spacial score (nSPS) is 12.5. The number of ether oxygens (including phenoxy) is 3. The number of nitrogens with one attached hydrogen (secondary N) is 2. The van der Waals surface area contributed by atoms with Crippen molar-refractivity contribution in [3.8, 4) is 0 Å². The highest BCUT2D eigenvalue weighted by atomic mass is 16.7. The molecule has 0 fully saturated rings. The summed E-state index contributed by atoms with van der Waals surface area (Å²) in [5.74, 6) is -0.577. The first kappa shape index (κ1) is 24.7. The van der Waals surface area contributed by atoms with Gasteiger partial charge in [-0.1, -0.05) is 12.7 Å². The Morgan fingerprint density at radius 2 is 1.59 bits per heavy atom. The summed E-state index contributed by atoms with van der Waals surface area (Å²) in [5.41, 5.74) is 0.704. The standard InChI is InChI=1S/C18H32N2O7/c1-8-11-24-16(23)20-25-12-9-10-13(14(21)26-17(2,3)4)19-15(22)27-18(5,6)7/h8,13H,1,9-12H2,2-7H3,(H,19,22)(H,20,23)/t13-/m0/s1. The van der Waals surface area contributed by atoms with E-state index in [0.717, 1.165) is 0 Å². The van der Waals surface area contributed by atoms with E-state index in [9.17, 15) is 14.4 Å². The zero-order valence-electron chi connectivity index (χ0n) is 17.0. The molecular formula is C18H32N2O7. The molecule has 0 unspecified atom stereocenters. The molecule has 2 amide bonds. The van der Waals surface area contributed by atoms with Crippen molar-refractivity contribution in [3.05, 3.63) is 12.7 Å². The molecule has 0 radical (unpaired) electrons. The van der Waals surface area contributed by atoms with E-state index in [1.165, 1.54) is 6.08 Å². The van der Waals surface area contributed by atoms with Gasteiger partial charge < -0.3 is 19.5 Å². The Bertz CT molecular complexity index is 507. The van der Waals surface area contributed by atoms with E-state index in [1.54, 1.807) is 41.5 Å². The number of hydroxylamine groups is 1. The molecule has 0 bridgehead atoms. The third-order valence-corrected chi connectivity index (χ3v) is 2.61. The van der Waals surface area contributed by atoms with Gasteiger partial charge >= 0.3 is 18.2 Å². The molecule has 0 rings (SSSR count). The molecule has 0 aromatic carbocycles. The summed E-state index contributed by atoms with van der Waals surface area (Å²) in [6.07, 6.45) is 0.558. The van der Waals surface area contributed by atoms with Gasteiger partial charge in [0.05, 0.1) is 6.61 Å². The minimum atomic E-state index is -0.907. The maximum absolute atomic E-state index is 12.3. The Morgan fingerprint density at radius 1 is 1.00 bits per heavy atom. The first-order valence-electron chi connectivity index (χ1n) is 8.72. The van der Waals surface area contributed by atoms with Gasteiger partial charge in [-0.15, -0.1) is 0 Å². The summed E-state index contributed by atoms with van der Waals surface area (Å²) in [6.45, 7) is 14.0. The van der Waals surface area contributed by atoms with Crippen LogP contribution in [0, 0.1) is 0 Å². The molecule has 0 saturated heterocycles. The number of carbonyl (C=O) groups excluding carboxylic acids is 3. The lowest BCUT2D eigenvalue weighted by atomic mass is 10.1. The summed E-state index contributed by atoms with van der Waals surface area (Å²) in [7, 11) is 0. The molecule has 156 valence electrons. The predicted molar refractivity (Wildman–Crippen MR) is 98.9 cm³/mol. The average molecular weight is 388 g/mol. The molecule has 0 spiro atoms. The van der Waals surface area contributed by atoms with Crippen molar-refractivity contribution in [3.63, 3.8) is 0 Å². The number of hydrogen-bond acceptors (Lipinski definition) is 7. The zero-order valence-corrected chi connectivity index (χ0v) is 17.0. The molecule has 0 saturated carbocycles. The Kier molecular flexibility index (Phi) is 10.5. The number of amides is 2. The highest BCUT2D eigenvalue weighted by Gasteiger charge is 2.28. The molecule has 0 heterocycles. The van der Waals surface area contributed by atoms with E-state index < -0.39 is 35.4 Å². The first-order valence-corrected chi connectivity index (χ1v) is 8.72. The average Bonchev–Trinajstić information content (AvgIpc) is 2.47. The first-order chi connectivity index (χ1) is 12.3. The molecule has 0 aromatic rings. The second-order valence-corrected chi connectivity index (χ2v) is 7.71. The molecular weight excluding hydrogens is 356 g/mol. The van der Waals surface area contributed by atoms with E-state index >= 15 is 0 Å². The molecule has 0 aliphatic carbocycles. The number of hydrogen-bond donors (Lipinski definition) is 2. The van der Waals surface area contributed by atoms with Crippen LogP contribution >= 0.6 is 0 Å². The van der Waals surface area contributed by atoms with Crippen LogP contribution in [0.4, 0.5) is 9.59 Å². The van der Waals surface area contributed by atoms with E-state index in [0.29, 0.717) is 6.42 Å². The van der Waals surface area contributed by atoms with Crippen molar-refractivity contribution >= 4 is 18.2 Å². The summed E-state index contributed by atoms with van der Waals surface area (Å²) in [4.78, 5) is 40.4. The van der Waals surface area contributed by atoms with Crippen LogP contribution in [0.3, 0.4) is 0 Å². The van der Waals surface area contributed by atoms with Crippen molar-refractivity contribution in [2.45, 2.75) is 71.6 Å². The summed E-state index contributed by atoms with van der Waals surface area (Å²) >= 11 is 0. The largest absolute Gasteiger partial charge is 0.458 e. The maximum Gasteiger partial charge on any atom is 0.431 e. The minimum absolute atomic E-state index is 0.0652. The van der Waals surface area contributed by atoms with Crippen molar-refractivity contribution in [1.29, 1.82) is 0 Å². The fraction of sp³-hybridized carbons (Fsp3) is 0.722. The second kappa shape index (κ2) is 11.4. The van der Waals surface area contributed by atoms with Crippen molar-refractivity contribution in [2.24, 2.45) is 0 Å². The Labute approximate surface area is 160 Å². The van der Waals surface area contributed by atoms with E-state index in [-0.39, 0.29) is 19.6 Å². The SMILES string of the molecule is C=CCOC(=O)NOCCC[C@H](NC(=O)OC(C)(C)C)C(=O)OC(C)(C)C. The number of carbonyl (C=O) groups is 3. The smallest absolute Gasteiger partial charge is 0.431 e. The summed E-state index contributed by atoms with van der Waals surface area (Å²) < 4.78 is 15.2. The van der Waals surface area contributed by atoms with Crippen LogP contribution < -0.4 is 10.8 Å². The molecule has 27 heavy (non-hydrogen) atoms. The lowest BCUT2D eigenvalue weighted by Crippen LogP contribution is -2.46. The van der Waals surface area contributed by atoms with Gasteiger partial charge in [0.1, 0.15) is 23.9 Å². The molecule has 0 aliphatic rings. The van der Waals surface area contributed by atoms with Gasteiger partial charge in [0, 0.05) is 0 Å². The molecule has 1 atom stereocenters. The maximum atomic E-state index is 12.3. The quantitative estimate of drug-likeness (QED) is 0.205. The van der Waals surface area contributed by atoms with Crippen LogP contribution in [0.1, 0.15) is 54.4 Å². The fourth-order valence-corrected chi connectivity index (χ4v) is 1.71. The van der Waals surface area contributed by atoms with Gasteiger partial charge in [0.25, 0.3) is 0 Å². The Hall–Kier alpha value is -2.29. The fourth-order valence-electron chi connectivity index (χ4n) is 1.71. The Balaban J connectivity index is 4.54. The third kappa shape index (κ3) is 14.6. The molecule has 0 aromatic heterocycles. The van der Waals surface area contributed by atoms with E-state index in [2.05, 4.69) is 22.1 Å². The third-order valence-electron chi connectivity index (χ3n) is 2.61. The number of rotatable bonds is 9. The summed E-state index contributed by atoms with van der Waals surface area (Å²) in [6, 6.07) is -0.907. The van der Waals surface area contributed by atoms with Crippen molar-refractivity contribution in [2.75, 3.05) is 13.2 Å². The van der Waals surface area contributed by atoms with Gasteiger partial charge in [0.15, 0.2) is 0 Å². The zero-order chi connectivity index (χ0) is 21.1. The highest BCUT2D eigenvalue weighted by Crippen LogP contribution is 2.12. The highest BCUT2D eigenvalue weighted by molar-refractivity contribution is 5.81. The lowest BCUT2D eigenvalue weighted by Gasteiger charge is -2.26. The Morgan fingerprint density at radius 3 is 2.11 bits per heavy atom. The van der Waals surface area contributed by atoms with Crippen LogP contribution in [-0.2, 0) is 23.8 Å². The van der Waals surface area contributed by atoms with Crippen molar-refractivity contribution in [1.82, 2.24) is 10.8 Å². The molecule has 2 N–H and O–H groups in total. The van der Waals surface area contributed by atoms with E-state index in [4.69, 9.17) is 14.3 Å². The molecule has 9 heteroatoms. The predicted octanol–water partition coefficient (Wildman–Crippen LogP) is 2.85. The summed E-state index contributed by atoms with van der Waals surface area (Å²) in [5, 5.41) is 2.51. The second-order valence-electron chi connectivity index (χ2n) is 7.71. The van der Waals surface area contributed by atoms with E-state index in [1.807, 2.05) is 0 Å². The van der Waals surface area contributed by atoms with Gasteiger partial charge in [-0.25, -0.2) is 14.4 Å².